The van der Waals surface area contributed by atoms with Gasteiger partial charge in [0, 0.05) is 38.3 Å². The van der Waals surface area contributed by atoms with Crippen LogP contribution in [-0.2, 0) is 55.7 Å². The Morgan fingerprint density at radius 1 is 0.825 bits per heavy atom. The summed E-state index contributed by atoms with van der Waals surface area (Å²) in [7, 11) is -3.94. The fourth-order valence-corrected chi connectivity index (χ4v) is 9.67. The van der Waals surface area contributed by atoms with Crippen molar-refractivity contribution in [1.29, 1.82) is 5.41 Å². The average molecular weight is 899 g/mol. The number of sulfonamides is 1. The molecule has 2 aromatic carbocycles. The number of nitrogens with one attached hydrogen (secondary N) is 6. The number of hydrogen-bond donors (Lipinski definition) is 8. The predicted molar refractivity (Wildman–Crippen MR) is 241 cm³/mol. The maximum absolute atomic E-state index is 14.3. The van der Waals surface area contributed by atoms with Gasteiger partial charge in [-0.15, -0.1) is 0 Å². The number of rotatable bonds is 31. The summed E-state index contributed by atoms with van der Waals surface area (Å²) in [5, 5.41) is 18.9. The van der Waals surface area contributed by atoms with Gasteiger partial charge in [-0.1, -0.05) is 100 Å². The first-order chi connectivity index (χ1) is 30.4. The minimum Gasteiger partial charge on any atom is -0.384 e. The van der Waals surface area contributed by atoms with Crippen molar-refractivity contribution >= 4 is 39.5 Å². The molecule has 4 rings (SSSR count). The van der Waals surface area contributed by atoms with Crippen LogP contribution in [0.4, 0.5) is 0 Å². The summed E-state index contributed by atoms with van der Waals surface area (Å²) in [6, 6.07) is 14.7. The highest BCUT2D eigenvalue weighted by Gasteiger charge is 2.64. The Balaban J connectivity index is 1.26. The number of carbonyl (C=O) groups excluding carboxylic acids is 4. The van der Waals surface area contributed by atoms with Gasteiger partial charge in [-0.05, 0) is 61.5 Å². The molecular formula is C45H70N8O9S. The molecule has 0 heterocycles. The number of ether oxygens (including phenoxy) is 3. The Hall–Kier alpha value is -4.46. The molecule has 0 bridgehead atoms. The van der Waals surface area contributed by atoms with Crippen LogP contribution < -0.4 is 37.5 Å². The molecule has 2 fully saturated rings. The number of nitrogen functional groups attached to an aromatic ring is 1. The van der Waals surface area contributed by atoms with Crippen molar-refractivity contribution in [2.75, 3.05) is 52.7 Å². The Labute approximate surface area is 372 Å². The number of benzene rings is 2. The SMILES string of the molecule is CCCC(CCOCCNC(=O)COCC(=O)NCCCC[C@H](NC(=O)C1(NS(=O)(=O)Cc2ccccc2)C[C@H]1C1CCCCC1)C(=O)NCc1ccc(C(=N)N)cc1)OCCN. The molecule has 4 amide bonds. The summed E-state index contributed by atoms with van der Waals surface area (Å²) in [5.41, 5.74) is 11.7. The van der Waals surface area contributed by atoms with Crippen molar-refractivity contribution in [3.8, 4) is 0 Å². The van der Waals surface area contributed by atoms with Crippen molar-refractivity contribution in [1.82, 2.24) is 26.0 Å². The van der Waals surface area contributed by atoms with Gasteiger partial charge in [0.1, 0.15) is 30.6 Å². The summed E-state index contributed by atoms with van der Waals surface area (Å²) >= 11 is 0. The van der Waals surface area contributed by atoms with E-state index in [-0.39, 0.29) is 68.2 Å². The fraction of sp³-hybridized carbons (Fsp3) is 0.622. The standard InChI is InChI=1S/C45H70N8O9S/c1-2-11-37(62-26-22-46)21-25-60-27-24-50-41(55)31-61-30-40(54)49-23-10-9-16-39(43(56)51-29-33-17-19-36(20-18-33)42(47)48)52-44(57)45(28-38(45)35-14-7-4-8-15-35)53-63(58,59)32-34-12-5-3-6-13-34/h3,5-6,12-13,17-20,35,37-39,53H,2,4,7-11,14-16,21-32,46H2,1H3,(H3,47,48)(H,49,54)(H,50,55)(H,51,56)(H,52,57)/t37?,38-,39-,45?/m0/s1. The lowest BCUT2D eigenvalue weighted by Crippen LogP contribution is -2.56. The number of hydrogen-bond acceptors (Lipinski definition) is 11. The number of unbranched alkanes of at least 4 members (excludes halogenated alkanes) is 1. The van der Waals surface area contributed by atoms with E-state index in [1.807, 2.05) is 6.07 Å². The van der Waals surface area contributed by atoms with Crippen molar-refractivity contribution in [2.45, 2.75) is 114 Å². The van der Waals surface area contributed by atoms with E-state index in [0.29, 0.717) is 63.3 Å². The quantitative estimate of drug-likeness (QED) is 0.0310. The number of amidine groups is 1. The van der Waals surface area contributed by atoms with Crippen LogP contribution in [-0.4, -0.2) is 108 Å². The van der Waals surface area contributed by atoms with Crippen molar-refractivity contribution in [3.63, 3.8) is 0 Å². The lowest BCUT2D eigenvalue weighted by molar-refractivity contribution is -0.131. The van der Waals surface area contributed by atoms with Crippen molar-refractivity contribution in [2.24, 2.45) is 23.3 Å². The molecule has 350 valence electrons. The molecule has 2 aliphatic carbocycles. The highest BCUT2D eigenvalue weighted by atomic mass is 32.2. The molecule has 0 spiro atoms. The third-order valence-corrected chi connectivity index (χ3v) is 12.9. The van der Waals surface area contributed by atoms with Gasteiger partial charge in [0.25, 0.3) is 0 Å². The van der Waals surface area contributed by atoms with Gasteiger partial charge in [-0.3, -0.25) is 24.6 Å². The number of nitrogens with two attached hydrogens (primary N) is 2. The first-order valence-corrected chi connectivity index (χ1v) is 24.1. The van der Waals surface area contributed by atoms with Crippen LogP contribution in [0.25, 0.3) is 0 Å². The molecule has 0 aliphatic heterocycles. The molecule has 2 saturated carbocycles. The largest absolute Gasteiger partial charge is 0.384 e. The van der Waals surface area contributed by atoms with E-state index in [1.54, 1.807) is 48.5 Å². The Bertz CT molecular complexity index is 1850. The van der Waals surface area contributed by atoms with Crippen LogP contribution in [0, 0.1) is 17.2 Å². The molecule has 2 unspecified atom stereocenters. The topological polar surface area (TPSA) is 266 Å². The van der Waals surface area contributed by atoms with E-state index in [4.69, 9.17) is 31.1 Å². The van der Waals surface area contributed by atoms with Gasteiger partial charge in [-0.2, -0.15) is 4.72 Å². The van der Waals surface area contributed by atoms with E-state index in [1.165, 1.54) is 0 Å². The lowest BCUT2D eigenvalue weighted by Gasteiger charge is -2.28. The average Bonchev–Trinajstić information content (AvgIpc) is 4.00. The summed E-state index contributed by atoms with van der Waals surface area (Å²) in [6.07, 6.45) is 9.24. The van der Waals surface area contributed by atoms with E-state index in [0.717, 1.165) is 56.9 Å². The molecule has 4 atom stereocenters. The second kappa shape index (κ2) is 27.0. The van der Waals surface area contributed by atoms with Gasteiger partial charge in [0.2, 0.25) is 33.7 Å². The molecule has 2 aromatic rings. The van der Waals surface area contributed by atoms with Crippen molar-refractivity contribution in [3.05, 3.63) is 71.3 Å². The van der Waals surface area contributed by atoms with Crippen LogP contribution in [0.3, 0.4) is 0 Å². The van der Waals surface area contributed by atoms with E-state index in [2.05, 4.69) is 32.9 Å². The van der Waals surface area contributed by atoms with E-state index < -0.39 is 39.3 Å². The van der Waals surface area contributed by atoms with Gasteiger partial charge in [-0.25, -0.2) is 8.42 Å². The van der Waals surface area contributed by atoms with Gasteiger partial charge in [0.15, 0.2) is 0 Å². The van der Waals surface area contributed by atoms with Gasteiger partial charge in [0.05, 0.1) is 25.1 Å². The smallest absolute Gasteiger partial charge is 0.246 e. The molecule has 17 nitrogen and oxygen atoms in total. The fourth-order valence-electron chi connectivity index (χ4n) is 8.08. The molecule has 0 radical (unpaired) electrons. The molecule has 10 N–H and O–H groups in total. The summed E-state index contributed by atoms with van der Waals surface area (Å²) < 4.78 is 46.6. The monoisotopic (exact) mass is 898 g/mol. The van der Waals surface area contributed by atoms with Gasteiger partial charge < -0.3 is 46.9 Å². The molecule has 0 aromatic heterocycles. The highest BCUT2D eigenvalue weighted by molar-refractivity contribution is 7.88. The van der Waals surface area contributed by atoms with E-state index >= 15 is 0 Å². The van der Waals surface area contributed by atoms with Crippen LogP contribution in [0.15, 0.2) is 54.6 Å². The Kier molecular flexibility index (Phi) is 21.9. The second-order valence-electron chi connectivity index (χ2n) is 16.5. The molecule has 18 heteroatoms. The highest BCUT2D eigenvalue weighted by Crippen LogP contribution is 2.53. The molecular weight excluding hydrogens is 829 g/mol. The van der Waals surface area contributed by atoms with Crippen LogP contribution >= 0.6 is 0 Å². The zero-order valence-electron chi connectivity index (χ0n) is 36.8. The lowest BCUT2D eigenvalue weighted by atomic mass is 9.84. The number of amides is 4. The summed E-state index contributed by atoms with van der Waals surface area (Å²) in [5.74, 6) is -2.09. The zero-order chi connectivity index (χ0) is 45.5. The predicted octanol–water partition coefficient (Wildman–Crippen LogP) is 2.50. The summed E-state index contributed by atoms with van der Waals surface area (Å²) in [4.78, 5) is 52.7. The van der Waals surface area contributed by atoms with Crippen molar-refractivity contribution < 1.29 is 41.8 Å². The first kappa shape index (κ1) is 51.2. The van der Waals surface area contributed by atoms with Crippen LogP contribution in [0.2, 0.25) is 0 Å². The maximum atomic E-state index is 14.3. The molecule has 63 heavy (non-hydrogen) atoms. The number of carbonyl (C=O) groups is 4. The summed E-state index contributed by atoms with van der Waals surface area (Å²) in [6.45, 7) is 4.02. The minimum absolute atomic E-state index is 0.0742. The Morgan fingerprint density at radius 3 is 2.19 bits per heavy atom. The van der Waals surface area contributed by atoms with Crippen LogP contribution in [0.1, 0.15) is 101 Å². The molecule has 2 aliphatic rings. The third kappa shape index (κ3) is 18.3. The molecule has 0 saturated heterocycles. The second-order valence-corrected chi connectivity index (χ2v) is 18.3. The Morgan fingerprint density at radius 2 is 1.52 bits per heavy atom. The normalized spacial score (nSPS) is 18.5. The van der Waals surface area contributed by atoms with E-state index in [9.17, 15) is 27.6 Å². The minimum atomic E-state index is -3.94. The van der Waals surface area contributed by atoms with Gasteiger partial charge >= 0.3 is 0 Å². The maximum Gasteiger partial charge on any atom is 0.246 e. The third-order valence-electron chi connectivity index (χ3n) is 11.5. The van der Waals surface area contributed by atoms with Crippen LogP contribution in [0.5, 0.6) is 0 Å². The zero-order valence-corrected chi connectivity index (χ0v) is 37.6. The first-order valence-electron chi connectivity index (χ1n) is 22.4.